The highest BCUT2D eigenvalue weighted by atomic mass is 79.9. The van der Waals surface area contributed by atoms with Gasteiger partial charge in [-0.3, -0.25) is 0 Å². The molecule has 0 aliphatic heterocycles. The Balaban J connectivity index is 2.11. The van der Waals surface area contributed by atoms with Crippen LogP contribution in [0.5, 0.6) is 0 Å². The molecule has 18 heavy (non-hydrogen) atoms. The zero-order valence-corrected chi connectivity index (χ0v) is 11.8. The van der Waals surface area contributed by atoms with Gasteiger partial charge >= 0.3 is 0 Å². The number of halogens is 1. The molecule has 3 rings (SSSR count). The van der Waals surface area contributed by atoms with Gasteiger partial charge in [-0.15, -0.1) is 0 Å². The van der Waals surface area contributed by atoms with E-state index in [2.05, 4.69) is 33.0 Å². The lowest BCUT2D eigenvalue weighted by molar-refractivity contribution is 0.0324. The largest absolute Gasteiger partial charge is 0.393 e. The molecule has 1 aliphatic rings. The van der Waals surface area contributed by atoms with Gasteiger partial charge < -0.3 is 9.67 Å². The van der Waals surface area contributed by atoms with E-state index in [4.69, 9.17) is 0 Å². The zero-order chi connectivity index (χ0) is 12.8. The third-order valence-corrected chi connectivity index (χ3v) is 4.29. The molecule has 4 heteroatoms. The van der Waals surface area contributed by atoms with Crippen molar-refractivity contribution in [1.29, 1.82) is 0 Å². The smallest absolute Gasteiger partial charge is 0.119 e. The molecule has 0 saturated heterocycles. The molecule has 0 radical (unpaired) electrons. The van der Waals surface area contributed by atoms with Crippen LogP contribution in [0.3, 0.4) is 0 Å². The highest BCUT2D eigenvalue weighted by Crippen LogP contribution is 2.48. The first-order valence-corrected chi connectivity index (χ1v) is 6.83. The Labute approximate surface area is 115 Å². The van der Waals surface area contributed by atoms with Crippen molar-refractivity contribution in [3.05, 3.63) is 52.5 Å². The molecule has 1 heterocycles. The zero-order valence-electron chi connectivity index (χ0n) is 10.2. The highest BCUT2D eigenvalue weighted by Gasteiger charge is 2.48. The SMILES string of the molecule is Cn1ccnc1[C@]1(c2cccc(Br)c2)C[C@@H](O)C1. The molecule has 2 aromatic rings. The minimum absolute atomic E-state index is 0.137. The van der Waals surface area contributed by atoms with Crippen molar-refractivity contribution >= 4 is 15.9 Å². The second-order valence-corrected chi connectivity index (χ2v) is 5.93. The maximum atomic E-state index is 9.76. The Morgan fingerprint density at radius 3 is 2.78 bits per heavy atom. The highest BCUT2D eigenvalue weighted by molar-refractivity contribution is 9.10. The number of hydrogen-bond acceptors (Lipinski definition) is 2. The minimum Gasteiger partial charge on any atom is -0.393 e. The topological polar surface area (TPSA) is 38.0 Å². The van der Waals surface area contributed by atoms with Crippen molar-refractivity contribution in [1.82, 2.24) is 9.55 Å². The summed E-state index contributed by atoms with van der Waals surface area (Å²) < 4.78 is 3.11. The van der Waals surface area contributed by atoms with Gasteiger partial charge in [0, 0.05) is 23.9 Å². The van der Waals surface area contributed by atoms with E-state index in [1.54, 1.807) is 0 Å². The number of benzene rings is 1. The van der Waals surface area contributed by atoms with Crippen LogP contribution < -0.4 is 0 Å². The van der Waals surface area contributed by atoms with Crippen LogP contribution >= 0.6 is 15.9 Å². The van der Waals surface area contributed by atoms with Crippen LogP contribution in [-0.2, 0) is 12.5 Å². The normalized spacial score (nSPS) is 26.9. The number of hydrogen-bond donors (Lipinski definition) is 1. The molecule has 0 spiro atoms. The van der Waals surface area contributed by atoms with Crippen LogP contribution in [0.15, 0.2) is 41.1 Å². The van der Waals surface area contributed by atoms with Crippen LogP contribution in [0.25, 0.3) is 0 Å². The molecule has 1 saturated carbocycles. The average Bonchev–Trinajstić information content (AvgIpc) is 2.71. The first kappa shape index (κ1) is 11.9. The van der Waals surface area contributed by atoms with E-state index in [9.17, 15) is 5.11 Å². The Morgan fingerprint density at radius 2 is 2.22 bits per heavy atom. The van der Waals surface area contributed by atoms with Crippen LogP contribution in [0.4, 0.5) is 0 Å². The van der Waals surface area contributed by atoms with Gasteiger partial charge in [-0.1, -0.05) is 28.1 Å². The monoisotopic (exact) mass is 306 g/mol. The molecular formula is C14H15BrN2O. The number of nitrogens with zero attached hydrogens (tertiary/aromatic N) is 2. The quantitative estimate of drug-likeness (QED) is 0.926. The molecule has 1 fully saturated rings. The fourth-order valence-electron chi connectivity index (χ4n) is 2.90. The maximum Gasteiger partial charge on any atom is 0.119 e. The summed E-state index contributed by atoms with van der Waals surface area (Å²) in [5.41, 5.74) is 1.08. The predicted molar refractivity (Wildman–Crippen MR) is 73.4 cm³/mol. The number of aromatic nitrogens is 2. The van der Waals surface area contributed by atoms with E-state index < -0.39 is 0 Å². The van der Waals surface area contributed by atoms with Crippen molar-refractivity contribution in [2.75, 3.05) is 0 Å². The van der Waals surface area contributed by atoms with Crippen molar-refractivity contribution < 1.29 is 5.11 Å². The van der Waals surface area contributed by atoms with E-state index in [0.29, 0.717) is 0 Å². The summed E-state index contributed by atoms with van der Waals surface area (Å²) in [6, 6.07) is 8.30. The van der Waals surface area contributed by atoms with Crippen LogP contribution in [0.2, 0.25) is 0 Å². The van der Waals surface area contributed by atoms with E-state index >= 15 is 0 Å². The molecule has 0 atom stereocenters. The molecule has 1 aromatic carbocycles. The maximum absolute atomic E-state index is 9.76. The summed E-state index contributed by atoms with van der Waals surface area (Å²) in [5, 5.41) is 9.76. The van der Waals surface area contributed by atoms with Gasteiger partial charge in [-0.2, -0.15) is 0 Å². The predicted octanol–water partition coefficient (Wildman–Crippen LogP) is 2.62. The number of imidazole rings is 1. The molecule has 0 unspecified atom stereocenters. The Morgan fingerprint density at radius 1 is 1.44 bits per heavy atom. The average molecular weight is 307 g/mol. The molecular weight excluding hydrogens is 292 g/mol. The van der Waals surface area contributed by atoms with E-state index in [1.165, 1.54) is 5.56 Å². The standard InChI is InChI=1S/C14H15BrN2O/c1-17-6-5-16-13(17)14(8-12(18)9-14)10-3-2-4-11(15)7-10/h2-7,12,18H,8-9H2,1H3/t12-,14-. The molecule has 94 valence electrons. The van der Waals surface area contributed by atoms with Crippen molar-refractivity contribution in [3.63, 3.8) is 0 Å². The minimum atomic E-state index is -0.222. The summed E-state index contributed by atoms with van der Waals surface area (Å²) in [5.74, 6) is 1.03. The number of rotatable bonds is 2. The first-order valence-electron chi connectivity index (χ1n) is 6.04. The Kier molecular flexibility index (Phi) is 2.79. The number of aryl methyl sites for hydroxylation is 1. The fourth-order valence-corrected chi connectivity index (χ4v) is 3.30. The summed E-state index contributed by atoms with van der Waals surface area (Å²) in [7, 11) is 2.01. The van der Waals surface area contributed by atoms with E-state index in [-0.39, 0.29) is 11.5 Å². The third-order valence-electron chi connectivity index (χ3n) is 3.79. The second-order valence-electron chi connectivity index (χ2n) is 5.02. The first-order chi connectivity index (χ1) is 8.62. The molecule has 0 bridgehead atoms. The second kappa shape index (κ2) is 4.21. The van der Waals surface area contributed by atoms with Gasteiger partial charge in [0.25, 0.3) is 0 Å². The molecule has 1 N–H and O–H groups in total. The molecule has 1 aromatic heterocycles. The van der Waals surface area contributed by atoms with Crippen molar-refractivity contribution in [3.8, 4) is 0 Å². The lowest BCUT2D eigenvalue weighted by Crippen LogP contribution is -2.47. The molecule has 3 nitrogen and oxygen atoms in total. The van der Waals surface area contributed by atoms with Crippen molar-refractivity contribution in [2.24, 2.45) is 7.05 Å². The number of aliphatic hydroxyl groups is 1. The Bertz CT molecular complexity index is 573. The molecule has 0 amide bonds. The van der Waals surface area contributed by atoms with Gasteiger partial charge in [0.2, 0.25) is 0 Å². The third kappa shape index (κ3) is 1.71. The van der Waals surface area contributed by atoms with E-state index in [1.807, 2.05) is 36.1 Å². The fraction of sp³-hybridized carbons (Fsp3) is 0.357. The number of aliphatic hydroxyl groups excluding tert-OH is 1. The van der Waals surface area contributed by atoms with Gasteiger partial charge in [0.1, 0.15) is 5.82 Å². The van der Waals surface area contributed by atoms with Crippen molar-refractivity contribution in [2.45, 2.75) is 24.4 Å². The van der Waals surface area contributed by atoms with Crippen LogP contribution in [0.1, 0.15) is 24.2 Å². The van der Waals surface area contributed by atoms with Gasteiger partial charge in [0.15, 0.2) is 0 Å². The van der Waals surface area contributed by atoms with Gasteiger partial charge in [0.05, 0.1) is 11.5 Å². The summed E-state index contributed by atoms with van der Waals surface area (Å²) in [4.78, 5) is 4.49. The Hall–Kier alpha value is -1.13. The van der Waals surface area contributed by atoms with E-state index in [0.717, 1.165) is 23.1 Å². The summed E-state index contributed by atoms with van der Waals surface area (Å²) >= 11 is 3.52. The lowest BCUT2D eigenvalue weighted by Gasteiger charge is -2.45. The van der Waals surface area contributed by atoms with Crippen LogP contribution in [-0.4, -0.2) is 20.8 Å². The van der Waals surface area contributed by atoms with Gasteiger partial charge in [-0.25, -0.2) is 4.98 Å². The summed E-state index contributed by atoms with van der Waals surface area (Å²) in [6.07, 6.45) is 5.04. The summed E-state index contributed by atoms with van der Waals surface area (Å²) in [6.45, 7) is 0. The van der Waals surface area contributed by atoms with Crippen LogP contribution in [0, 0.1) is 0 Å². The van der Waals surface area contributed by atoms with Gasteiger partial charge in [-0.05, 0) is 30.5 Å². The molecule has 1 aliphatic carbocycles. The lowest BCUT2D eigenvalue weighted by atomic mass is 9.62.